The SMILES string of the molecule is C=C(O)/C=C\SC(=N)N. The van der Waals surface area contributed by atoms with E-state index in [9.17, 15) is 0 Å². The molecule has 0 fully saturated rings. The summed E-state index contributed by atoms with van der Waals surface area (Å²) in [5.41, 5.74) is 4.96. The molecule has 0 aliphatic rings. The second kappa shape index (κ2) is 4.03. The Morgan fingerprint density at radius 3 is 2.67 bits per heavy atom. The van der Waals surface area contributed by atoms with Crippen molar-refractivity contribution in [1.82, 2.24) is 0 Å². The van der Waals surface area contributed by atoms with Crippen LogP contribution < -0.4 is 5.73 Å². The van der Waals surface area contributed by atoms with Gasteiger partial charge in [-0.25, -0.2) is 0 Å². The van der Waals surface area contributed by atoms with E-state index in [2.05, 4.69) is 6.58 Å². The Labute approximate surface area is 57.8 Å². The topological polar surface area (TPSA) is 70.1 Å². The van der Waals surface area contributed by atoms with E-state index >= 15 is 0 Å². The fraction of sp³-hybridized carbons (Fsp3) is 0. The number of aliphatic hydroxyl groups is 1. The lowest BCUT2D eigenvalue weighted by Crippen LogP contribution is -2.01. The molecule has 0 atom stereocenters. The van der Waals surface area contributed by atoms with Crippen LogP contribution in [0, 0.1) is 5.41 Å². The van der Waals surface area contributed by atoms with E-state index in [1.54, 1.807) is 0 Å². The fourth-order valence-electron chi connectivity index (χ4n) is 0.186. The Morgan fingerprint density at radius 1 is 1.78 bits per heavy atom. The first-order valence-corrected chi connectivity index (χ1v) is 3.06. The highest BCUT2D eigenvalue weighted by atomic mass is 32.2. The average Bonchev–Trinajstić information content (AvgIpc) is 1.63. The van der Waals surface area contributed by atoms with Gasteiger partial charge in [-0.1, -0.05) is 18.3 Å². The van der Waals surface area contributed by atoms with Crippen LogP contribution in [0.3, 0.4) is 0 Å². The molecule has 0 heterocycles. The molecular weight excluding hydrogens is 136 g/mol. The van der Waals surface area contributed by atoms with Crippen molar-refractivity contribution in [2.24, 2.45) is 5.73 Å². The molecule has 0 radical (unpaired) electrons. The van der Waals surface area contributed by atoms with Crippen LogP contribution in [0.4, 0.5) is 0 Å². The Bertz CT molecular complexity index is 153. The van der Waals surface area contributed by atoms with Crippen molar-refractivity contribution in [3.8, 4) is 0 Å². The Morgan fingerprint density at radius 2 is 2.33 bits per heavy atom. The molecule has 0 spiro atoms. The molecule has 0 aromatic rings. The molecule has 9 heavy (non-hydrogen) atoms. The summed E-state index contributed by atoms with van der Waals surface area (Å²) in [7, 11) is 0. The van der Waals surface area contributed by atoms with Crippen molar-refractivity contribution in [1.29, 1.82) is 5.41 Å². The molecular formula is C5H8N2OS. The number of aliphatic hydroxyl groups excluding tert-OH is 1. The van der Waals surface area contributed by atoms with Crippen LogP contribution >= 0.6 is 11.8 Å². The molecule has 0 aromatic carbocycles. The van der Waals surface area contributed by atoms with E-state index in [0.29, 0.717) is 0 Å². The minimum absolute atomic E-state index is 0.00694. The van der Waals surface area contributed by atoms with Crippen LogP contribution in [0.5, 0.6) is 0 Å². The summed E-state index contributed by atoms with van der Waals surface area (Å²) in [6, 6.07) is 0. The molecule has 0 saturated heterocycles. The first kappa shape index (κ1) is 8.10. The highest BCUT2D eigenvalue weighted by Gasteiger charge is 1.81. The molecule has 0 amide bonds. The summed E-state index contributed by atoms with van der Waals surface area (Å²) in [5.74, 6) is -0.0382. The third-order valence-electron chi connectivity index (χ3n) is 0.455. The standard InChI is InChI=1S/C5H8N2OS/c1-4(8)2-3-9-5(6)7/h2-3,8H,1H2,(H3,6,7)/b3-2-. The van der Waals surface area contributed by atoms with Crippen molar-refractivity contribution in [2.45, 2.75) is 0 Å². The summed E-state index contributed by atoms with van der Waals surface area (Å²) >= 11 is 1.02. The third-order valence-corrected chi connectivity index (χ3v) is 0.982. The molecule has 3 nitrogen and oxygen atoms in total. The average molecular weight is 144 g/mol. The first-order chi connectivity index (χ1) is 4.13. The maximum atomic E-state index is 8.46. The van der Waals surface area contributed by atoms with Gasteiger partial charge >= 0.3 is 0 Å². The fourth-order valence-corrected chi connectivity index (χ4v) is 0.558. The highest BCUT2D eigenvalue weighted by molar-refractivity contribution is 8.16. The van der Waals surface area contributed by atoms with Crippen molar-refractivity contribution in [2.75, 3.05) is 0 Å². The van der Waals surface area contributed by atoms with Gasteiger partial charge in [0.15, 0.2) is 5.17 Å². The van der Waals surface area contributed by atoms with Crippen LogP contribution in [-0.2, 0) is 0 Å². The van der Waals surface area contributed by atoms with Crippen LogP contribution in [0.15, 0.2) is 23.8 Å². The molecule has 0 aromatic heterocycles. The van der Waals surface area contributed by atoms with Crippen molar-refractivity contribution < 1.29 is 5.11 Å². The van der Waals surface area contributed by atoms with Crippen LogP contribution in [-0.4, -0.2) is 10.3 Å². The lowest BCUT2D eigenvalue weighted by Gasteiger charge is -1.86. The summed E-state index contributed by atoms with van der Waals surface area (Å²) in [6.07, 6.45) is 1.37. The van der Waals surface area contributed by atoms with Gasteiger partial charge in [0.25, 0.3) is 0 Å². The Balaban J connectivity index is 3.48. The first-order valence-electron chi connectivity index (χ1n) is 2.18. The quantitative estimate of drug-likeness (QED) is 0.236. The number of amidine groups is 1. The summed E-state index contributed by atoms with van der Waals surface area (Å²) in [4.78, 5) is 0. The van der Waals surface area contributed by atoms with E-state index in [1.165, 1.54) is 11.5 Å². The predicted molar refractivity (Wildman–Crippen MR) is 40.4 cm³/mol. The van der Waals surface area contributed by atoms with E-state index in [4.69, 9.17) is 16.2 Å². The number of thioether (sulfide) groups is 1. The molecule has 0 aliphatic carbocycles. The van der Waals surface area contributed by atoms with Crippen LogP contribution in [0.1, 0.15) is 0 Å². The number of rotatable bonds is 2. The summed E-state index contributed by atoms with van der Waals surface area (Å²) in [6.45, 7) is 3.20. The van der Waals surface area contributed by atoms with Gasteiger partial charge in [0, 0.05) is 0 Å². The lowest BCUT2D eigenvalue weighted by molar-refractivity contribution is 0.435. The molecule has 4 N–H and O–H groups in total. The molecule has 50 valence electrons. The number of nitrogens with one attached hydrogen (secondary N) is 1. The van der Waals surface area contributed by atoms with Gasteiger partial charge in [-0.15, -0.1) is 0 Å². The molecule has 0 aliphatic heterocycles. The second-order valence-corrected chi connectivity index (χ2v) is 2.22. The number of nitrogens with two attached hydrogens (primary N) is 1. The molecule has 4 heteroatoms. The minimum atomic E-state index is -0.0382. The van der Waals surface area contributed by atoms with Gasteiger partial charge < -0.3 is 10.8 Å². The monoisotopic (exact) mass is 144 g/mol. The Kier molecular flexibility index (Phi) is 3.62. The molecule has 0 saturated carbocycles. The van der Waals surface area contributed by atoms with E-state index in [0.717, 1.165) is 11.8 Å². The zero-order valence-corrected chi connectivity index (χ0v) is 5.61. The van der Waals surface area contributed by atoms with E-state index in [1.807, 2.05) is 0 Å². The van der Waals surface area contributed by atoms with Gasteiger partial charge in [0.1, 0.15) is 5.76 Å². The normalized spacial score (nSPS) is 9.78. The maximum absolute atomic E-state index is 8.46. The van der Waals surface area contributed by atoms with Gasteiger partial charge in [0.2, 0.25) is 0 Å². The molecule has 0 bridgehead atoms. The van der Waals surface area contributed by atoms with Crippen molar-refractivity contribution in [3.63, 3.8) is 0 Å². The predicted octanol–water partition coefficient (Wildman–Crippen LogP) is 1.20. The number of hydrogen-bond donors (Lipinski definition) is 3. The van der Waals surface area contributed by atoms with E-state index < -0.39 is 0 Å². The largest absolute Gasteiger partial charge is 0.509 e. The maximum Gasteiger partial charge on any atom is 0.155 e. The van der Waals surface area contributed by atoms with Crippen molar-refractivity contribution >= 4 is 16.9 Å². The van der Waals surface area contributed by atoms with E-state index in [-0.39, 0.29) is 10.9 Å². The van der Waals surface area contributed by atoms with Gasteiger partial charge in [-0.3, -0.25) is 5.41 Å². The second-order valence-electron chi connectivity index (χ2n) is 1.28. The van der Waals surface area contributed by atoms with Crippen LogP contribution in [0.2, 0.25) is 0 Å². The molecule has 0 unspecified atom stereocenters. The van der Waals surface area contributed by atoms with Crippen LogP contribution in [0.25, 0.3) is 0 Å². The minimum Gasteiger partial charge on any atom is -0.509 e. The third kappa shape index (κ3) is 7.10. The summed E-state index contributed by atoms with van der Waals surface area (Å²) < 4.78 is 0. The van der Waals surface area contributed by atoms with Gasteiger partial charge in [-0.2, -0.15) is 0 Å². The number of hydrogen-bond acceptors (Lipinski definition) is 3. The zero-order valence-electron chi connectivity index (χ0n) is 4.79. The zero-order chi connectivity index (χ0) is 7.28. The molecule has 0 rings (SSSR count). The smallest absolute Gasteiger partial charge is 0.155 e. The van der Waals surface area contributed by atoms with Crippen molar-refractivity contribution in [3.05, 3.63) is 23.8 Å². The summed E-state index contributed by atoms with van der Waals surface area (Å²) in [5, 5.41) is 16.7. The van der Waals surface area contributed by atoms with Gasteiger partial charge in [0.05, 0.1) is 0 Å². The van der Waals surface area contributed by atoms with Gasteiger partial charge in [-0.05, 0) is 11.5 Å². The highest BCUT2D eigenvalue weighted by Crippen LogP contribution is 2.00. The number of allylic oxidation sites excluding steroid dienone is 1. The lowest BCUT2D eigenvalue weighted by atomic mass is 10.6. The Hall–Kier alpha value is -0.900.